The monoisotopic (exact) mass is 322 g/mol. The number of nitrogens with one attached hydrogen (secondary N) is 1. The minimum Gasteiger partial charge on any atom is -0.381 e. The molecule has 0 spiro atoms. The third-order valence-electron chi connectivity index (χ3n) is 3.36. The summed E-state index contributed by atoms with van der Waals surface area (Å²) in [6, 6.07) is 8.69. The molecule has 0 aliphatic carbocycles. The molecule has 5 heteroatoms. The summed E-state index contributed by atoms with van der Waals surface area (Å²) in [5.74, 6) is -0.106. The van der Waals surface area contributed by atoms with Crippen LogP contribution in [-0.2, 0) is 4.74 Å². The molecule has 1 amide bonds. The molecule has 0 aromatic heterocycles. The highest BCUT2D eigenvalue weighted by atomic mass is 79.9. The molecule has 1 heterocycles. The lowest BCUT2D eigenvalue weighted by atomic mass is 9.92. The molecule has 1 aromatic rings. The number of halogens is 1. The van der Waals surface area contributed by atoms with Crippen molar-refractivity contribution in [1.29, 1.82) is 5.26 Å². The maximum atomic E-state index is 12.2. The van der Waals surface area contributed by atoms with Crippen LogP contribution in [0.5, 0.6) is 0 Å². The molecule has 0 bridgehead atoms. The highest BCUT2D eigenvalue weighted by Crippen LogP contribution is 2.23. The highest BCUT2D eigenvalue weighted by Gasteiger charge is 2.33. The van der Waals surface area contributed by atoms with Gasteiger partial charge in [-0.05, 0) is 37.1 Å². The molecule has 1 aliphatic heterocycles. The Labute approximate surface area is 120 Å². The van der Waals surface area contributed by atoms with Crippen LogP contribution in [0.2, 0.25) is 0 Å². The van der Waals surface area contributed by atoms with Crippen LogP contribution < -0.4 is 5.32 Å². The van der Waals surface area contributed by atoms with E-state index in [2.05, 4.69) is 21.2 Å². The maximum Gasteiger partial charge on any atom is 0.251 e. The van der Waals surface area contributed by atoms with E-state index in [0.717, 1.165) is 12.8 Å². The number of nitrogens with zero attached hydrogens (tertiary/aromatic N) is 1. The summed E-state index contributed by atoms with van der Waals surface area (Å²) in [5.41, 5.74) is 0.895. The molecule has 1 N–H and O–H groups in total. The first-order valence-corrected chi connectivity index (χ1v) is 7.28. The number of alkyl halides is 1. The third-order valence-corrected chi connectivity index (χ3v) is 4.43. The predicted molar refractivity (Wildman–Crippen MR) is 75.2 cm³/mol. The second-order valence-electron chi connectivity index (χ2n) is 4.67. The van der Waals surface area contributed by atoms with Crippen LogP contribution in [-0.4, -0.2) is 30.0 Å². The molecule has 0 unspecified atom stereocenters. The van der Waals surface area contributed by atoms with E-state index in [1.807, 2.05) is 6.07 Å². The topological polar surface area (TPSA) is 62.1 Å². The molecule has 4 nitrogen and oxygen atoms in total. The summed E-state index contributed by atoms with van der Waals surface area (Å²) < 4.78 is 5.34. The van der Waals surface area contributed by atoms with E-state index >= 15 is 0 Å². The van der Waals surface area contributed by atoms with E-state index in [0.29, 0.717) is 29.7 Å². The average Bonchev–Trinajstić information content (AvgIpc) is 2.48. The number of benzene rings is 1. The van der Waals surface area contributed by atoms with Crippen LogP contribution in [0.15, 0.2) is 24.3 Å². The lowest BCUT2D eigenvalue weighted by Crippen LogP contribution is -2.53. The van der Waals surface area contributed by atoms with Gasteiger partial charge < -0.3 is 10.1 Å². The number of rotatable bonds is 3. The minimum absolute atomic E-state index is 0.106. The fourth-order valence-electron chi connectivity index (χ4n) is 2.06. The molecule has 19 heavy (non-hydrogen) atoms. The number of amides is 1. The summed E-state index contributed by atoms with van der Waals surface area (Å²) in [7, 11) is 0. The molecule has 1 fully saturated rings. The Morgan fingerprint density at radius 1 is 1.37 bits per heavy atom. The van der Waals surface area contributed by atoms with Crippen molar-refractivity contribution in [3.63, 3.8) is 0 Å². The quantitative estimate of drug-likeness (QED) is 0.868. The van der Waals surface area contributed by atoms with E-state index in [9.17, 15) is 4.79 Å². The Morgan fingerprint density at radius 3 is 2.53 bits per heavy atom. The van der Waals surface area contributed by atoms with Crippen LogP contribution >= 0.6 is 15.9 Å². The molecule has 1 aromatic carbocycles. The molecular weight excluding hydrogens is 308 g/mol. The van der Waals surface area contributed by atoms with Gasteiger partial charge in [0.15, 0.2) is 0 Å². The van der Waals surface area contributed by atoms with Crippen molar-refractivity contribution in [2.24, 2.45) is 0 Å². The standard InChI is InChI=1S/C14H15BrN2O2/c15-10-14(5-7-19-8-6-14)17-13(18)12-3-1-11(9-16)2-4-12/h1-4H,5-8,10H2,(H,17,18). The van der Waals surface area contributed by atoms with E-state index in [-0.39, 0.29) is 11.4 Å². The van der Waals surface area contributed by atoms with Crippen LogP contribution in [0.25, 0.3) is 0 Å². The van der Waals surface area contributed by atoms with Crippen molar-refractivity contribution in [3.8, 4) is 6.07 Å². The first kappa shape index (κ1) is 14.0. The van der Waals surface area contributed by atoms with Crippen LogP contribution in [0.3, 0.4) is 0 Å². The summed E-state index contributed by atoms with van der Waals surface area (Å²) in [6.07, 6.45) is 1.61. The second kappa shape index (κ2) is 6.18. The van der Waals surface area contributed by atoms with Crippen molar-refractivity contribution in [1.82, 2.24) is 5.32 Å². The van der Waals surface area contributed by atoms with Gasteiger partial charge in [0, 0.05) is 24.1 Å². The Morgan fingerprint density at radius 2 is 2.00 bits per heavy atom. The van der Waals surface area contributed by atoms with Gasteiger partial charge in [-0.25, -0.2) is 0 Å². The molecule has 0 saturated carbocycles. The van der Waals surface area contributed by atoms with Gasteiger partial charge in [0.1, 0.15) is 0 Å². The van der Waals surface area contributed by atoms with Crippen LogP contribution in [0.4, 0.5) is 0 Å². The number of hydrogen-bond donors (Lipinski definition) is 1. The van der Waals surface area contributed by atoms with Crippen molar-refractivity contribution < 1.29 is 9.53 Å². The van der Waals surface area contributed by atoms with E-state index in [1.54, 1.807) is 24.3 Å². The number of carbonyl (C=O) groups excluding carboxylic acids is 1. The van der Waals surface area contributed by atoms with Crippen molar-refractivity contribution in [2.75, 3.05) is 18.5 Å². The first-order chi connectivity index (χ1) is 9.19. The zero-order valence-electron chi connectivity index (χ0n) is 10.5. The van der Waals surface area contributed by atoms with Gasteiger partial charge in [-0.3, -0.25) is 4.79 Å². The Bertz CT molecular complexity index is 487. The molecule has 1 saturated heterocycles. The lowest BCUT2D eigenvalue weighted by Gasteiger charge is -2.36. The van der Waals surface area contributed by atoms with Gasteiger partial charge in [-0.2, -0.15) is 5.26 Å². The van der Waals surface area contributed by atoms with Gasteiger partial charge in [0.05, 0.1) is 17.2 Å². The normalized spacial score (nSPS) is 17.5. The summed E-state index contributed by atoms with van der Waals surface area (Å²) >= 11 is 3.48. The van der Waals surface area contributed by atoms with E-state index in [1.165, 1.54) is 0 Å². The van der Waals surface area contributed by atoms with E-state index in [4.69, 9.17) is 10.00 Å². The third kappa shape index (κ3) is 3.34. The second-order valence-corrected chi connectivity index (χ2v) is 5.23. The Balaban J connectivity index is 2.08. The van der Waals surface area contributed by atoms with Crippen LogP contribution in [0, 0.1) is 11.3 Å². The lowest BCUT2D eigenvalue weighted by molar-refractivity contribution is 0.0442. The van der Waals surface area contributed by atoms with Gasteiger partial charge in [0.2, 0.25) is 0 Å². The molecule has 100 valence electrons. The predicted octanol–water partition coefficient (Wildman–Crippen LogP) is 2.23. The number of ether oxygens (including phenoxy) is 1. The maximum absolute atomic E-state index is 12.2. The largest absolute Gasteiger partial charge is 0.381 e. The fourth-order valence-corrected chi connectivity index (χ4v) is 2.76. The van der Waals surface area contributed by atoms with Crippen LogP contribution in [0.1, 0.15) is 28.8 Å². The highest BCUT2D eigenvalue weighted by molar-refractivity contribution is 9.09. The zero-order chi connectivity index (χ0) is 13.7. The van der Waals surface area contributed by atoms with Gasteiger partial charge >= 0.3 is 0 Å². The molecule has 0 atom stereocenters. The number of carbonyl (C=O) groups is 1. The number of nitriles is 1. The van der Waals surface area contributed by atoms with Crippen molar-refractivity contribution in [3.05, 3.63) is 35.4 Å². The molecule has 0 radical (unpaired) electrons. The number of hydrogen-bond acceptors (Lipinski definition) is 3. The van der Waals surface area contributed by atoms with Crippen molar-refractivity contribution >= 4 is 21.8 Å². The summed E-state index contributed by atoms with van der Waals surface area (Å²) in [5, 5.41) is 12.5. The van der Waals surface area contributed by atoms with E-state index < -0.39 is 0 Å². The molecular formula is C14H15BrN2O2. The SMILES string of the molecule is N#Cc1ccc(C(=O)NC2(CBr)CCOCC2)cc1. The van der Waals surface area contributed by atoms with Crippen molar-refractivity contribution in [2.45, 2.75) is 18.4 Å². The van der Waals surface area contributed by atoms with Gasteiger partial charge in [0.25, 0.3) is 5.91 Å². The molecule has 2 rings (SSSR count). The molecule has 1 aliphatic rings. The fraction of sp³-hybridized carbons (Fsp3) is 0.429. The van der Waals surface area contributed by atoms with Gasteiger partial charge in [-0.1, -0.05) is 15.9 Å². The minimum atomic E-state index is -0.233. The summed E-state index contributed by atoms with van der Waals surface area (Å²) in [4.78, 5) is 12.2. The Hall–Kier alpha value is -1.38. The smallest absolute Gasteiger partial charge is 0.251 e. The zero-order valence-corrected chi connectivity index (χ0v) is 12.1. The summed E-state index contributed by atoms with van der Waals surface area (Å²) in [6.45, 7) is 1.33. The Kier molecular flexibility index (Phi) is 4.56. The van der Waals surface area contributed by atoms with Gasteiger partial charge in [-0.15, -0.1) is 0 Å². The average molecular weight is 323 g/mol. The first-order valence-electron chi connectivity index (χ1n) is 6.15.